The highest BCUT2D eigenvalue weighted by Gasteiger charge is 2.14. The van der Waals surface area contributed by atoms with E-state index in [0.29, 0.717) is 5.56 Å². The van der Waals surface area contributed by atoms with Crippen LogP contribution in [0.5, 0.6) is 11.5 Å². The number of phenolic OH excluding ortho intramolecular Hbond substituents is 2. The predicted octanol–water partition coefficient (Wildman–Crippen LogP) is 0.562. The Balaban J connectivity index is 0.00000225. The molecule has 0 heterocycles. The van der Waals surface area contributed by atoms with Crippen LogP contribution in [-0.4, -0.2) is 29.3 Å². The Labute approximate surface area is 99.2 Å². The molecule has 0 radical (unpaired) electrons. The van der Waals surface area contributed by atoms with E-state index in [-0.39, 0.29) is 30.3 Å². The first kappa shape index (κ1) is 14.5. The molecule has 1 atom stereocenters. The Morgan fingerprint density at radius 3 is 2.56 bits per heavy atom. The van der Waals surface area contributed by atoms with Crippen LogP contribution in [0.1, 0.15) is 5.56 Å². The zero-order valence-electron chi connectivity index (χ0n) is 8.71. The molecule has 0 spiro atoms. The molecule has 16 heavy (non-hydrogen) atoms. The fourth-order valence-electron chi connectivity index (χ4n) is 1.18. The van der Waals surface area contributed by atoms with Crippen LogP contribution in [0.2, 0.25) is 0 Å². The van der Waals surface area contributed by atoms with E-state index in [4.69, 9.17) is 10.8 Å². The number of hydrogen-bond donors (Lipinski definition) is 3. The van der Waals surface area contributed by atoms with Gasteiger partial charge < -0.3 is 20.7 Å². The van der Waals surface area contributed by atoms with E-state index in [1.807, 2.05) is 0 Å². The SMILES string of the molecule is COC(=O)[C@@H](N)Cc1ccc(O)c(O)c1.Cl. The van der Waals surface area contributed by atoms with Crippen molar-refractivity contribution in [1.29, 1.82) is 0 Å². The van der Waals surface area contributed by atoms with Crippen LogP contribution in [0.3, 0.4) is 0 Å². The number of ether oxygens (including phenoxy) is 1. The highest BCUT2D eigenvalue weighted by molar-refractivity contribution is 5.85. The molecule has 90 valence electrons. The highest BCUT2D eigenvalue weighted by Crippen LogP contribution is 2.25. The molecule has 0 aliphatic rings. The number of halogens is 1. The maximum Gasteiger partial charge on any atom is 0.322 e. The molecule has 0 aromatic heterocycles. The van der Waals surface area contributed by atoms with Gasteiger partial charge in [0.2, 0.25) is 0 Å². The van der Waals surface area contributed by atoms with Crippen molar-refractivity contribution in [2.24, 2.45) is 5.73 Å². The number of esters is 1. The molecular formula is C10H14ClNO4. The third-order valence-electron chi connectivity index (χ3n) is 2.00. The minimum Gasteiger partial charge on any atom is -0.504 e. The third-order valence-corrected chi connectivity index (χ3v) is 2.00. The molecular weight excluding hydrogens is 234 g/mol. The Hall–Kier alpha value is -1.46. The fourth-order valence-corrected chi connectivity index (χ4v) is 1.18. The topological polar surface area (TPSA) is 92.8 Å². The standard InChI is InChI=1S/C10H13NO4.ClH/c1-15-10(14)7(11)4-6-2-3-8(12)9(13)5-6;/h2-3,5,7,12-13H,4,11H2,1H3;1H/t7-;/m0./s1. The summed E-state index contributed by atoms with van der Waals surface area (Å²) in [5, 5.41) is 18.3. The van der Waals surface area contributed by atoms with Crippen molar-refractivity contribution < 1.29 is 19.7 Å². The van der Waals surface area contributed by atoms with Crippen LogP contribution in [0.4, 0.5) is 0 Å². The van der Waals surface area contributed by atoms with Crippen molar-refractivity contribution in [3.8, 4) is 11.5 Å². The number of carbonyl (C=O) groups excluding carboxylic acids is 1. The van der Waals surface area contributed by atoms with E-state index < -0.39 is 12.0 Å². The number of benzene rings is 1. The molecule has 4 N–H and O–H groups in total. The van der Waals surface area contributed by atoms with Crippen molar-refractivity contribution in [3.05, 3.63) is 23.8 Å². The van der Waals surface area contributed by atoms with Crippen LogP contribution < -0.4 is 5.73 Å². The third kappa shape index (κ3) is 3.60. The summed E-state index contributed by atoms with van der Waals surface area (Å²) in [5.41, 5.74) is 6.18. The molecule has 0 bridgehead atoms. The second-order valence-electron chi connectivity index (χ2n) is 3.16. The van der Waals surface area contributed by atoms with Crippen LogP contribution in [0, 0.1) is 0 Å². The summed E-state index contributed by atoms with van der Waals surface area (Å²) in [7, 11) is 1.26. The molecule has 0 saturated heterocycles. The van der Waals surface area contributed by atoms with Gasteiger partial charge in [-0.05, 0) is 24.1 Å². The number of aromatic hydroxyl groups is 2. The van der Waals surface area contributed by atoms with Crippen molar-refractivity contribution >= 4 is 18.4 Å². The highest BCUT2D eigenvalue weighted by atomic mass is 35.5. The van der Waals surface area contributed by atoms with E-state index >= 15 is 0 Å². The maximum atomic E-state index is 11.0. The summed E-state index contributed by atoms with van der Waals surface area (Å²) in [5.74, 6) is -0.947. The van der Waals surface area contributed by atoms with E-state index in [2.05, 4.69) is 4.74 Å². The van der Waals surface area contributed by atoms with E-state index in [0.717, 1.165) is 0 Å². The number of hydrogen-bond acceptors (Lipinski definition) is 5. The summed E-state index contributed by atoms with van der Waals surface area (Å²) in [6, 6.07) is 3.52. The van der Waals surface area contributed by atoms with Crippen LogP contribution >= 0.6 is 12.4 Å². The second kappa shape index (κ2) is 6.19. The van der Waals surface area contributed by atoms with Gasteiger partial charge in [-0.25, -0.2) is 0 Å². The zero-order chi connectivity index (χ0) is 11.4. The molecule has 1 rings (SSSR count). The van der Waals surface area contributed by atoms with Crippen molar-refractivity contribution in [3.63, 3.8) is 0 Å². The lowest BCUT2D eigenvalue weighted by molar-refractivity contribution is -0.142. The number of nitrogens with two attached hydrogens (primary N) is 1. The summed E-state index contributed by atoms with van der Waals surface area (Å²) in [4.78, 5) is 11.0. The Bertz CT molecular complexity index is 370. The minimum absolute atomic E-state index is 0. The molecule has 0 fully saturated rings. The van der Waals surface area contributed by atoms with Gasteiger partial charge in [-0.1, -0.05) is 6.07 Å². The summed E-state index contributed by atoms with van der Waals surface area (Å²) < 4.78 is 4.46. The van der Waals surface area contributed by atoms with Gasteiger partial charge in [-0.15, -0.1) is 12.4 Å². The monoisotopic (exact) mass is 247 g/mol. The average Bonchev–Trinajstić information content (AvgIpc) is 2.22. The van der Waals surface area contributed by atoms with Crippen molar-refractivity contribution in [2.45, 2.75) is 12.5 Å². The molecule has 0 aliphatic heterocycles. The molecule has 0 unspecified atom stereocenters. The quantitative estimate of drug-likeness (QED) is 0.536. The van der Waals surface area contributed by atoms with Gasteiger partial charge in [0.05, 0.1) is 7.11 Å². The molecule has 0 aliphatic carbocycles. The van der Waals surface area contributed by atoms with E-state index in [1.165, 1.54) is 19.2 Å². The number of rotatable bonds is 3. The van der Waals surface area contributed by atoms with Crippen LogP contribution in [0.15, 0.2) is 18.2 Å². The molecule has 6 heteroatoms. The molecule has 0 amide bonds. The average molecular weight is 248 g/mol. The molecule has 1 aromatic rings. The molecule has 1 aromatic carbocycles. The van der Waals surface area contributed by atoms with Gasteiger partial charge in [0.1, 0.15) is 6.04 Å². The van der Waals surface area contributed by atoms with Gasteiger partial charge in [0.15, 0.2) is 11.5 Å². The van der Waals surface area contributed by atoms with Crippen LogP contribution in [0.25, 0.3) is 0 Å². The number of phenols is 2. The Morgan fingerprint density at radius 2 is 2.06 bits per heavy atom. The smallest absolute Gasteiger partial charge is 0.322 e. The lowest BCUT2D eigenvalue weighted by Gasteiger charge is -2.09. The fraction of sp³-hybridized carbons (Fsp3) is 0.300. The first-order valence-corrected chi connectivity index (χ1v) is 4.39. The molecule has 0 saturated carbocycles. The largest absolute Gasteiger partial charge is 0.504 e. The lowest BCUT2D eigenvalue weighted by atomic mass is 10.1. The first-order chi connectivity index (χ1) is 7.04. The summed E-state index contributed by atoms with van der Waals surface area (Å²) in [6.45, 7) is 0. The minimum atomic E-state index is -0.765. The Morgan fingerprint density at radius 1 is 1.44 bits per heavy atom. The summed E-state index contributed by atoms with van der Waals surface area (Å²) in [6.07, 6.45) is 0.251. The normalized spacial score (nSPS) is 11.4. The van der Waals surface area contributed by atoms with Gasteiger partial charge >= 0.3 is 5.97 Å². The van der Waals surface area contributed by atoms with Crippen LogP contribution in [-0.2, 0) is 16.0 Å². The van der Waals surface area contributed by atoms with E-state index in [9.17, 15) is 9.90 Å². The van der Waals surface area contributed by atoms with Crippen molar-refractivity contribution in [2.75, 3.05) is 7.11 Å². The van der Waals surface area contributed by atoms with Gasteiger partial charge in [0.25, 0.3) is 0 Å². The summed E-state index contributed by atoms with van der Waals surface area (Å²) >= 11 is 0. The van der Waals surface area contributed by atoms with Gasteiger partial charge in [0, 0.05) is 0 Å². The predicted molar refractivity (Wildman–Crippen MR) is 60.7 cm³/mol. The second-order valence-corrected chi connectivity index (χ2v) is 3.16. The van der Waals surface area contributed by atoms with E-state index in [1.54, 1.807) is 6.07 Å². The molecule has 5 nitrogen and oxygen atoms in total. The maximum absolute atomic E-state index is 11.0. The number of carbonyl (C=O) groups is 1. The van der Waals surface area contributed by atoms with Crippen molar-refractivity contribution in [1.82, 2.24) is 0 Å². The number of methoxy groups -OCH3 is 1. The van der Waals surface area contributed by atoms with Gasteiger partial charge in [-0.2, -0.15) is 0 Å². The first-order valence-electron chi connectivity index (χ1n) is 4.39. The van der Waals surface area contributed by atoms with Gasteiger partial charge in [-0.3, -0.25) is 4.79 Å². The Kier molecular flexibility index (Phi) is 5.63. The zero-order valence-corrected chi connectivity index (χ0v) is 9.53. The lowest BCUT2D eigenvalue weighted by Crippen LogP contribution is -2.33.